The zero-order chi connectivity index (χ0) is 15.6. The average molecular weight is 314 g/mol. The molecule has 124 valence electrons. The second-order valence-corrected chi connectivity index (χ2v) is 7.09. The molecule has 2 saturated heterocycles. The highest BCUT2D eigenvalue weighted by Crippen LogP contribution is 2.32. The van der Waals surface area contributed by atoms with Crippen molar-refractivity contribution in [3.05, 3.63) is 29.8 Å². The number of nitrogens with zero attached hydrogens (tertiary/aromatic N) is 2. The molecule has 0 saturated carbocycles. The first kappa shape index (κ1) is 15.2. The molecule has 1 amide bonds. The molecule has 0 aliphatic carbocycles. The molecule has 4 rings (SSSR count). The van der Waals surface area contributed by atoms with Crippen LogP contribution in [-0.2, 0) is 16.1 Å². The lowest BCUT2D eigenvalue weighted by atomic mass is 10.0. The Morgan fingerprint density at radius 2 is 2.09 bits per heavy atom. The average Bonchev–Trinajstić information content (AvgIpc) is 2.95. The summed E-state index contributed by atoms with van der Waals surface area (Å²) in [5, 5.41) is 0. The van der Waals surface area contributed by atoms with Crippen molar-refractivity contribution in [1.82, 2.24) is 4.90 Å². The van der Waals surface area contributed by atoms with Crippen molar-refractivity contribution in [1.29, 1.82) is 0 Å². The van der Waals surface area contributed by atoms with Gasteiger partial charge in [0.1, 0.15) is 0 Å². The van der Waals surface area contributed by atoms with E-state index < -0.39 is 0 Å². The third-order valence-electron chi connectivity index (χ3n) is 5.53. The van der Waals surface area contributed by atoms with Crippen LogP contribution in [0.4, 0.5) is 5.69 Å². The minimum absolute atomic E-state index is 0.117. The molecule has 4 heteroatoms. The van der Waals surface area contributed by atoms with E-state index >= 15 is 0 Å². The Bertz CT molecular complexity index is 568. The van der Waals surface area contributed by atoms with Gasteiger partial charge in [0.05, 0.1) is 12.5 Å². The van der Waals surface area contributed by atoms with Gasteiger partial charge in [-0.25, -0.2) is 0 Å². The summed E-state index contributed by atoms with van der Waals surface area (Å²) in [6.45, 7) is 3.78. The largest absolute Gasteiger partial charge is 0.378 e. The van der Waals surface area contributed by atoms with Gasteiger partial charge in [-0.15, -0.1) is 0 Å². The highest BCUT2D eigenvalue weighted by molar-refractivity contribution is 5.94. The Morgan fingerprint density at radius 3 is 2.96 bits per heavy atom. The molecule has 2 atom stereocenters. The van der Waals surface area contributed by atoms with Gasteiger partial charge in [0.2, 0.25) is 5.91 Å². The standard InChI is InChI=1S/C19H26N2O2/c22-19(12-17-8-3-4-11-23-17)21-14-16-7-5-10-20(16)13-15-6-1-2-9-18(15)21/h1-2,6,9,16-17H,3-5,7-8,10-14H2. The molecular formula is C19H26N2O2. The smallest absolute Gasteiger partial charge is 0.229 e. The molecule has 3 aliphatic rings. The van der Waals surface area contributed by atoms with Crippen molar-refractivity contribution >= 4 is 11.6 Å². The number of benzene rings is 1. The molecule has 0 aromatic heterocycles. The lowest BCUT2D eigenvalue weighted by molar-refractivity contribution is -0.122. The Labute approximate surface area is 138 Å². The van der Waals surface area contributed by atoms with Crippen molar-refractivity contribution in [3.63, 3.8) is 0 Å². The van der Waals surface area contributed by atoms with Crippen molar-refractivity contribution in [3.8, 4) is 0 Å². The molecular weight excluding hydrogens is 288 g/mol. The van der Waals surface area contributed by atoms with Crippen molar-refractivity contribution < 1.29 is 9.53 Å². The van der Waals surface area contributed by atoms with Crippen LogP contribution in [0.3, 0.4) is 0 Å². The molecule has 23 heavy (non-hydrogen) atoms. The number of fused-ring (bicyclic) bond motifs is 2. The fraction of sp³-hybridized carbons (Fsp3) is 0.632. The van der Waals surface area contributed by atoms with Crippen LogP contribution in [0.25, 0.3) is 0 Å². The summed E-state index contributed by atoms with van der Waals surface area (Å²) < 4.78 is 5.79. The maximum atomic E-state index is 13.0. The molecule has 0 radical (unpaired) electrons. The Balaban J connectivity index is 1.56. The molecule has 4 nitrogen and oxygen atoms in total. The van der Waals surface area contributed by atoms with E-state index in [4.69, 9.17) is 4.74 Å². The number of amides is 1. The van der Waals surface area contributed by atoms with Crippen LogP contribution >= 0.6 is 0 Å². The van der Waals surface area contributed by atoms with E-state index in [9.17, 15) is 4.79 Å². The third-order valence-corrected chi connectivity index (χ3v) is 5.53. The van der Waals surface area contributed by atoms with Gasteiger partial charge in [-0.1, -0.05) is 18.2 Å². The normalized spacial score (nSPS) is 28.1. The fourth-order valence-electron chi connectivity index (χ4n) is 4.26. The van der Waals surface area contributed by atoms with Crippen LogP contribution in [0.2, 0.25) is 0 Å². The highest BCUT2D eigenvalue weighted by Gasteiger charge is 2.34. The number of rotatable bonds is 2. The Morgan fingerprint density at radius 1 is 1.17 bits per heavy atom. The number of hydrogen-bond acceptors (Lipinski definition) is 3. The van der Waals surface area contributed by atoms with Crippen LogP contribution < -0.4 is 4.90 Å². The monoisotopic (exact) mass is 314 g/mol. The maximum absolute atomic E-state index is 13.0. The summed E-state index contributed by atoms with van der Waals surface area (Å²) in [4.78, 5) is 17.6. The van der Waals surface area contributed by atoms with E-state index in [1.807, 2.05) is 11.0 Å². The number of hydrogen-bond donors (Lipinski definition) is 0. The van der Waals surface area contributed by atoms with Crippen molar-refractivity contribution in [2.45, 2.75) is 57.2 Å². The minimum Gasteiger partial charge on any atom is -0.378 e. The van der Waals surface area contributed by atoms with E-state index in [0.717, 1.165) is 44.8 Å². The predicted molar refractivity (Wildman–Crippen MR) is 90.4 cm³/mol. The summed E-state index contributed by atoms with van der Waals surface area (Å²) in [6, 6.07) is 8.93. The Kier molecular flexibility index (Phi) is 4.36. The van der Waals surface area contributed by atoms with Gasteiger partial charge in [-0.2, -0.15) is 0 Å². The third kappa shape index (κ3) is 3.15. The maximum Gasteiger partial charge on any atom is 0.229 e. The van der Waals surface area contributed by atoms with Crippen molar-refractivity contribution in [2.75, 3.05) is 24.6 Å². The van der Waals surface area contributed by atoms with Gasteiger partial charge in [0.15, 0.2) is 0 Å². The van der Waals surface area contributed by atoms with Gasteiger partial charge < -0.3 is 9.64 Å². The summed E-state index contributed by atoms with van der Waals surface area (Å²) in [7, 11) is 0. The zero-order valence-corrected chi connectivity index (χ0v) is 13.7. The number of anilines is 1. The summed E-state index contributed by atoms with van der Waals surface area (Å²) in [5.41, 5.74) is 2.40. The van der Waals surface area contributed by atoms with Gasteiger partial charge in [0, 0.05) is 31.4 Å². The molecule has 2 unspecified atom stereocenters. The second-order valence-electron chi connectivity index (χ2n) is 7.09. The molecule has 0 spiro atoms. The zero-order valence-electron chi connectivity index (χ0n) is 13.7. The van der Waals surface area contributed by atoms with Crippen LogP contribution in [0.1, 0.15) is 44.1 Å². The summed E-state index contributed by atoms with van der Waals surface area (Å²) >= 11 is 0. The minimum atomic E-state index is 0.117. The first-order chi connectivity index (χ1) is 11.3. The number of ether oxygens (including phenoxy) is 1. The van der Waals surface area contributed by atoms with Crippen LogP contribution in [0, 0.1) is 0 Å². The molecule has 3 heterocycles. The van der Waals surface area contributed by atoms with Crippen molar-refractivity contribution in [2.24, 2.45) is 0 Å². The van der Waals surface area contributed by atoms with Gasteiger partial charge in [0.25, 0.3) is 0 Å². The van der Waals surface area contributed by atoms with Crippen LogP contribution in [0.5, 0.6) is 0 Å². The van der Waals surface area contributed by atoms with E-state index in [0.29, 0.717) is 12.5 Å². The summed E-state index contributed by atoms with van der Waals surface area (Å²) in [5.74, 6) is 0.234. The topological polar surface area (TPSA) is 32.8 Å². The molecule has 1 aromatic rings. The lowest BCUT2D eigenvalue weighted by Crippen LogP contribution is -2.42. The summed E-state index contributed by atoms with van der Waals surface area (Å²) in [6.07, 6.45) is 6.45. The first-order valence-corrected chi connectivity index (χ1v) is 9.05. The van der Waals surface area contributed by atoms with E-state index in [2.05, 4.69) is 23.1 Å². The van der Waals surface area contributed by atoms with Gasteiger partial charge >= 0.3 is 0 Å². The highest BCUT2D eigenvalue weighted by atomic mass is 16.5. The SMILES string of the molecule is O=C(CC1CCCCO1)N1CC2CCCN2Cc2ccccc21. The fourth-order valence-corrected chi connectivity index (χ4v) is 4.26. The molecule has 0 N–H and O–H groups in total. The number of para-hydroxylation sites is 1. The Hall–Kier alpha value is -1.39. The molecule has 2 fully saturated rings. The lowest BCUT2D eigenvalue weighted by Gasteiger charge is -2.29. The number of carbonyl (C=O) groups excluding carboxylic acids is 1. The quantitative estimate of drug-likeness (QED) is 0.841. The molecule has 1 aromatic carbocycles. The first-order valence-electron chi connectivity index (χ1n) is 9.05. The molecule has 3 aliphatic heterocycles. The number of carbonyl (C=O) groups is 1. The molecule has 0 bridgehead atoms. The van der Waals surface area contributed by atoms with Crippen LogP contribution in [-0.4, -0.2) is 42.6 Å². The van der Waals surface area contributed by atoms with Gasteiger partial charge in [-0.3, -0.25) is 9.69 Å². The van der Waals surface area contributed by atoms with Gasteiger partial charge in [-0.05, 0) is 50.3 Å². The van der Waals surface area contributed by atoms with E-state index in [1.165, 1.54) is 24.8 Å². The van der Waals surface area contributed by atoms with E-state index in [-0.39, 0.29) is 12.0 Å². The predicted octanol–water partition coefficient (Wildman–Crippen LogP) is 2.96. The van der Waals surface area contributed by atoms with E-state index in [1.54, 1.807) is 0 Å². The van der Waals surface area contributed by atoms with Crippen LogP contribution in [0.15, 0.2) is 24.3 Å². The second kappa shape index (κ2) is 6.62.